The molecule has 0 spiro atoms. The van der Waals surface area contributed by atoms with Crippen molar-refractivity contribution in [2.75, 3.05) is 5.32 Å². The molecule has 2 aromatic rings. The van der Waals surface area contributed by atoms with Crippen molar-refractivity contribution < 1.29 is 9.50 Å². The van der Waals surface area contributed by atoms with Gasteiger partial charge in [0.2, 0.25) is 0 Å². The van der Waals surface area contributed by atoms with Gasteiger partial charge in [-0.25, -0.2) is 4.39 Å². The molecule has 0 fully saturated rings. The van der Waals surface area contributed by atoms with Gasteiger partial charge in [-0.05, 0) is 29.8 Å². The van der Waals surface area contributed by atoms with E-state index in [1.165, 1.54) is 6.07 Å². The second-order valence-electron chi connectivity index (χ2n) is 3.79. The number of halogens is 1. The van der Waals surface area contributed by atoms with Crippen molar-refractivity contribution in [2.24, 2.45) is 0 Å². The van der Waals surface area contributed by atoms with E-state index >= 15 is 0 Å². The van der Waals surface area contributed by atoms with Gasteiger partial charge in [-0.3, -0.25) is 0 Å². The van der Waals surface area contributed by atoms with E-state index in [1.807, 2.05) is 6.07 Å². The van der Waals surface area contributed by atoms with Gasteiger partial charge in [-0.2, -0.15) is 5.26 Å². The van der Waals surface area contributed by atoms with Gasteiger partial charge in [-0.15, -0.1) is 0 Å². The lowest BCUT2D eigenvalue weighted by atomic mass is 10.1. The largest absolute Gasteiger partial charge is 0.508 e. The van der Waals surface area contributed by atoms with Crippen molar-refractivity contribution in [2.45, 2.75) is 6.54 Å². The average molecular weight is 242 g/mol. The third-order valence-corrected chi connectivity index (χ3v) is 2.54. The van der Waals surface area contributed by atoms with Crippen LogP contribution in [0.15, 0.2) is 42.5 Å². The second-order valence-corrected chi connectivity index (χ2v) is 3.79. The highest BCUT2D eigenvalue weighted by Crippen LogP contribution is 2.19. The minimum atomic E-state index is -0.534. The van der Waals surface area contributed by atoms with Crippen LogP contribution in [0.2, 0.25) is 0 Å². The molecule has 4 heteroatoms. The van der Waals surface area contributed by atoms with Gasteiger partial charge in [0.1, 0.15) is 23.2 Å². The fourth-order valence-corrected chi connectivity index (χ4v) is 1.60. The van der Waals surface area contributed by atoms with Crippen molar-refractivity contribution in [3.63, 3.8) is 0 Å². The highest BCUT2D eigenvalue weighted by atomic mass is 19.1. The SMILES string of the molecule is N#Cc1c(F)cccc1NCc1ccc(O)cc1. The number of nitrogens with one attached hydrogen (secondary N) is 1. The Morgan fingerprint density at radius 3 is 2.56 bits per heavy atom. The Kier molecular flexibility index (Phi) is 3.44. The molecular weight excluding hydrogens is 231 g/mol. The highest BCUT2D eigenvalue weighted by Gasteiger charge is 2.06. The topological polar surface area (TPSA) is 56.0 Å². The van der Waals surface area contributed by atoms with E-state index in [2.05, 4.69) is 5.32 Å². The second kappa shape index (κ2) is 5.19. The number of phenols is 1. The smallest absolute Gasteiger partial charge is 0.143 e. The van der Waals surface area contributed by atoms with E-state index in [9.17, 15) is 4.39 Å². The minimum Gasteiger partial charge on any atom is -0.508 e. The quantitative estimate of drug-likeness (QED) is 0.869. The first kappa shape index (κ1) is 11.9. The van der Waals surface area contributed by atoms with Crippen LogP contribution in [-0.4, -0.2) is 5.11 Å². The van der Waals surface area contributed by atoms with Crippen LogP contribution in [0.4, 0.5) is 10.1 Å². The molecule has 0 radical (unpaired) electrons. The van der Waals surface area contributed by atoms with Crippen molar-refractivity contribution in [1.29, 1.82) is 5.26 Å². The predicted octanol–water partition coefficient (Wildman–Crippen LogP) is 3.02. The zero-order valence-corrected chi connectivity index (χ0v) is 9.52. The van der Waals surface area contributed by atoms with Gasteiger partial charge in [0, 0.05) is 6.54 Å². The van der Waals surface area contributed by atoms with Crippen LogP contribution in [0, 0.1) is 17.1 Å². The highest BCUT2D eigenvalue weighted by molar-refractivity contribution is 5.58. The molecule has 0 bridgehead atoms. The number of aromatic hydroxyl groups is 1. The van der Waals surface area contributed by atoms with Gasteiger partial charge < -0.3 is 10.4 Å². The first-order chi connectivity index (χ1) is 8.70. The summed E-state index contributed by atoms with van der Waals surface area (Å²) in [6, 6.07) is 13.0. The van der Waals surface area contributed by atoms with E-state index in [4.69, 9.17) is 10.4 Å². The average Bonchev–Trinajstić information content (AvgIpc) is 2.38. The number of anilines is 1. The van der Waals surface area contributed by atoms with Crippen LogP contribution < -0.4 is 5.32 Å². The van der Waals surface area contributed by atoms with Crippen molar-refractivity contribution in [3.8, 4) is 11.8 Å². The van der Waals surface area contributed by atoms with Crippen molar-refractivity contribution in [1.82, 2.24) is 0 Å². The third-order valence-electron chi connectivity index (χ3n) is 2.54. The zero-order chi connectivity index (χ0) is 13.0. The monoisotopic (exact) mass is 242 g/mol. The lowest BCUT2D eigenvalue weighted by molar-refractivity contribution is 0.475. The van der Waals surface area contributed by atoms with Gasteiger partial charge in [0.05, 0.1) is 5.69 Å². The number of phenolic OH excluding ortho intramolecular Hbond substituents is 1. The van der Waals surface area contributed by atoms with Crippen LogP contribution in [0.5, 0.6) is 5.75 Å². The molecule has 0 aliphatic heterocycles. The standard InChI is InChI=1S/C14H11FN2O/c15-13-2-1-3-14(12(13)8-16)17-9-10-4-6-11(18)7-5-10/h1-7,17-18H,9H2. The van der Waals surface area contributed by atoms with Crippen LogP contribution in [0.25, 0.3) is 0 Å². The van der Waals surface area contributed by atoms with E-state index in [1.54, 1.807) is 36.4 Å². The fourth-order valence-electron chi connectivity index (χ4n) is 1.60. The van der Waals surface area contributed by atoms with Crippen molar-refractivity contribution in [3.05, 3.63) is 59.4 Å². The van der Waals surface area contributed by atoms with E-state index in [0.717, 1.165) is 5.56 Å². The molecule has 0 aliphatic carbocycles. The van der Waals surface area contributed by atoms with Gasteiger partial charge in [0.15, 0.2) is 0 Å². The maximum atomic E-state index is 13.3. The Labute approximate surface area is 104 Å². The summed E-state index contributed by atoms with van der Waals surface area (Å²) < 4.78 is 13.3. The lowest BCUT2D eigenvalue weighted by Crippen LogP contribution is -2.02. The summed E-state index contributed by atoms with van der Waals surface area (Å²) in [4.78, 5) is 0. The summed E-state index contributed by atoms with van der Waals surface area (Å²) in [6.07, 6.45) is 0. The predicted molar refractivity (Wildman–Crippen MR) is 66.5 cm³/mol. The first-order valence-corrected chi connectivity index (χ1v) is 5.41. The van der Waals surface area contributed by atoms with Crippen LogP contribution >= 0.6 is 0 Å². The number of nitrogens with zero attached hydrogens (tertiary/aromatic N) is 1. The van der Waals surface area contributed by atoms with Gasteiger partial charge in [0.25, 0.3) is 0 Å². The Hall–Kier alpha value is -2.54. The molecule has 3 nitrogen and oxygen atoms in total. The molecule has 0 unspecified atom stereocenters. The van der Waals surface area contributed by atoms with E-state index in [-0.39, 0.29) is 11.3 Å². The van der Waals surface area contributed by atoms with Crippen LogP contribution in [0.1, 0.15) is 11.1 Å². The minimum absolute atomic E-state index is 0.0104. The van der Waals surface area contributed by atoms with Gasteiger partial charge >= 0.3 is 0 Å². The van der Waals surface area contributed by atoms with Crippen molar-refractivity contribution >= 4 is 5.69 Å². The third kappa shape index (κ3) is 2.58. The first-order valence-electron chi connectivity index (χ1n) is 5.41. The summed E-state index contributed by atoms with van der Waals surface area (Å²) in [6.45, 7) is 0.457. The molecule has 0 aromatic heterocycles. The summed E-state index contributed by atoms with van der Waals surface area (Å²) in [5.41, 5.74) is 1.41. The number of hydrogen-bond donors (Lipinski definition) is 2. The number of benzene rings is 2. The number of nitriles is 1. The maximum absolute atomic E-state index is 13.3. The number of hydrogen-bond acceptors (Lipinski definition) is 3. The molecule has 2 rings (SSSR count). The van der Waals surface area contributed by atoms with E-state index < -0.39 is 5.82 Å². The molecule has 0 heterocycles. The Balaban J connectivity index is 2.14. The maximum Gasteiger partial charge on any atom is 0.143 e. The molecule has 2 N–H and O–H groups in total. The molecule has 0 atom stereocenters. The molecular formula is C14H11FN2O. The normalized spacial score (nSPS) is 9.78. The molecule has 18 heavy (non-hydrogen) atoms. The fraction of sp³-hybridized carbons (Fsp3) is 0.0714. The van der Waals surface area contributed by atoms with E-state index in [0.29, 0.717) is 12.2 Å². The summed E-state index contributed by atoms with van der Waals surface area (Å²) in [7, 11) is 0. The van der Waals surface area contributed by atoms with Crippen LogP contribution in [-0.2, 0) is 6.54 Å². The summed E-state index contributed by atoms with van der Waals surface area (Å²) in [5.74, 6) is -0.338. The Morgan fingerprint density at radius 2 is 1.89 bits per heavy atom. The number of rotatable bonds is 3. The van der Waals surface area contributed by atoms with Gasteiger partial charge in [-0.1, -0.05) is 18.2 Å². The summed E-state index contributed by atoms with van der Waals surface area (Å²) >= 11 is 0. The summed E-state index contributed by atoms with van der Waals surface area (Å²) in [5, 5.41) is 21.0. The van der Waals surface area contributed by atoms with Crippen LogP contribution in [0.3, 0.4) is 0 Å². The Bertz CT molecular complexity index is 588. The zero-order valence-electron chi connectivity index (χ0n) is 9.52. The Morgan fingerprint density at radius 1 is 1.17 bits per heavy atom. The lowest BCUT2D eigenvalue weighted by Gasteiger charge is -2.08. The molecule has 0 saturated heterocycles. The molecule has 90 valence electrons. The molecule has 2 aromatic carbocycles. The molecule has 0 saturated carbocycles. The molecule has 0 amide bonds. The molecule has 0 aliphatic rings.